The number of carboxylic acid groups (broad SMARTS) is 1. The summed E-state index contributed by atoms with van der Waals surface area (Å²) in [5.41, 5.74) is 12.8. The monoisotopic (exact) mass is 430 g/mol. The van der Waals surface area contributed by atoms with E-state index in [1.165, 1.54) is 5.56 Å². The van der Waals surface area contributed by atoms with E-state index in [9.17, 15) is 19.5 Å². The minimum absolute atomic E-state index is 0.0602. The minimum atomic E-state index is -1.13. The maximum absolute atomic E-state index is 13.1. The first kappa shape index (κ1) is 22.5. The van der Waals surface area contributed by atoms with Crippen molar-refractivity contribution in [2.45, 2.75) is 56.8 Å². The van der Waals surface area contributed by atoms with E-state index in [4.69, 9.17) is 11.5 Å². The fourth-order valence-electron chi connectivity index (χ4n) is 4.16. The molecule has 168 valence electrons. The third-order valence-corrected chi connectivity index (χ3v) is 5.78. The first-order valence-electron chi connectivity index (χ1n) is 10.6. The smallest absolute Gasteiger partial charge is 0.326 e. The number of carboxylic acids is 1. The lowest BCUT2D eigenvalue weighted by atomic mass is 9.95. The molecule has 7 N–H and O–H groups in total. The van der Waals surface area contributed by atoms with Crippen LogP contribution in [-0.4, -0.2) is 65.0 Å². The summed E-state index contributed by atoms with van der Waals surface area (Å²) in [5.74, 6) is -1.74. The number of hydrogen-bond acceptors (Lipinski definition) is 5. The highest BCUT2D eigenvalue weighted by Crippen LogP contribution is 2.23. The molecule has 0 bridgehead atoms. The summed E-state index contributed by atoms with van der Waals surface area (Å²) >= 11 is 0. The SMILES string of the molecule is NC(N)=NCCC[C@H](NC(=O)[C@@H]1CCCN1C(=O)[C@H]1Cc2ccccc2CN1)C(=O)O. The van der Waals surface area contributed by atoms with Gasteiger partial charge in [0.05, 0.1) is 6.04 Å². The van der Waals surface area contributed by atoms with Crippen LogP contribution >= 0.6 is 0 Å². The molecule has 0 aromatic heterocycles. The number of hydrogen-bond donors (Lipinski definition) is 5. The fraction of sp³-hybridized carbons (Fsp3) is 0.524. The third kappa shape index (κ3) is 5.72. The van der Waals surface area contributed by atoms with Crippen LogP contribution < -0.4 is 22.1 Å². The molecule has 1 aromatic carbocycles. The van der Waals surface area contributed by atoms with Crippen molar-refractivity contribution in [3.8, 4) is 0 Å². The zero-order chi connectivity index (χ0) is 22.4. The number of rotatable bonds is 8. The van der Waals surface area contributed by atoms with Crippen LogP contribution in [0.1, 0.15) is 36.8 Å². The van der Waals surface area contributed by atoms with E-state index < -0.39 is 30.0 Å². The first-order chi connectivity index (χ1) is 14.9. The molecule has 0 radical (unpaired) electrons. The zero-order valence-corrected chi connectivity index (χ0v) is 17.4. The van der Waals surface area contributed by atoms with Gasteiger partial charge >= 0.3 is 5.97 Å². The Morgan fingerprint density at radius 1 is 1.26 bits per heavy atom. The highest BCUT2D eigenvalue weighted by Gasteiger charge is 2.39. The van der Waals surface area contributed by atoms with E-state index in [0.29, 0.717) is 38.8 Å². The molecule has 2 aliphatic heterocycles. The molecule has 3 rings (SSSR count). The van der Waals surface area contributed by atoms with Crippen molar-refractivity contribution in [2.75, 3.05) is 13.1 Å². The van der Waals surface area contributed by atoms with Crippen molar-refractivity contribution < 1.29 is 19.5 Å². The van der Waals surface area contributed by atoms with E-state index in [1.54, 1.807) is 4.90 Å². The fourth-order valence-corrected chi connectivity index (χ4v) is 4.16. The topological polar surface area (TPSA) is 163 Å². The minimum Gasteiger partial charge on any atom is -0.480 e. The number of guanidine groups is 1. The van der Waals surface area contributed by atoms with E-state index >= 15 is 0 Å². The molecular formula is C21H30N6O4. The molecule has 1 aromatic rings. The molecule has 0 spiro atoms. The van der Waals surface area contributed by atoms with Crippen molar-refractivity contribution in [3.63, 3.8) is 0 Å². The van der Waals surface area contributed by atoms with Crippen LogP contribution in [0.5, 0.6) is 0 Å². The lowest BCUT2D eigenvalue weighted by Gasteiger charge is -2.32. The maximum atomic E-state index is 13.1. The van der Waals surface area contributed by atoms with Crippen LogP contribution in [0, 0.1) is 0 Å². The molecule has 10 nitrogen and oxygen atoms in total. The Kier molecular flexibility index (Phi) is 7.45. The van der Waals surface area contributed by atoms with Gasteiger partial charge in [-0.3, -0.25) is 14.6 Å². The number of carbonyl (C=O) groups is 3. The Morgan fingerprint density at radius 3 is 2.71 bits per heavy atom. The van der Waals surface area contributed by atoms with Gasteiger partial charge in [-0.05, 0) is 43.2 Å². The molecule has 3 atom stereocenters. The molecule has 2 aliphatic rings. The van der Waals surface area contributed by atoms with Gasteiger partial charge in [-0.15, -0.1) is 0 Å². The van der Waals surface area contributed by atoms with Crippen LogP contribution in [0.25, 0.3) is 0 Å². The van der Waals surface area contributed by atoms with Crippen molar-refractivity contribution >= 4 is 23.7 Å². The number of aliphatic imine (C=N–C) groups is 1. The summed E-state index contributed by atoms with van der Waals surface area (Å²) in [5, 5.41) is 15.3. The maximum Gasteiger partial charge on any atom is 0.326 e. The summed E-state index contributed by atoms with van der Waals surface area (Å²) < 4.78 is 0. The number of likely N-dealkylation sites (tertiary alicyclic amines) is 1. The van der Waals surface area contributed by atoms with Crippen molar-refractivity contribution in [1.82, 2.24) is 15.5 Å². The largest absolute Gasteiger partial charge is 0.480 e. The van der Waals surface area contributed by atoms with Crippen molar-refractivity contribution in [3.05, 3.63) is 35.4 Å². The first-order valence-corrected chi connectivity index (χ1v) is 10.6. The summed E-state index contributed by atoms with van der Waals surface area (Å²) in [4.78, 5) is 43.0. The molecule has 1 fully saturated rings. The summed E-state index contributed by atoms with van der Waals surface area (Å²) in [6, 6.07) is 5.87. The average Bonchev–Trinajstić information content (AvgIpc) is 3.24. The Bertz CT molecular complexity index is 854. The van der Waals surface area contributed by atoms with Gasteiger partial charge in [-0.25, -0.2) is 4.79 Å². The van der Waals surface area contributed by atoms with E-state index in [0.717, 1.165) is 5.56 Å². The quantitative estimate of drug-likeness (QED) is 0.207. The zero-order valence-electron chi connectivity index (χ0n) is 17.4. The van der Waals surface area contributed by atoms with Gasteiger partial charge < -0.3 is 32.1 Å². The van der Waals surface area contributed by atoms with Crippen LogP contribution in [-0.2, 0) is 27.3 Å². The van der Waals surface area contributed by atoms with E-state index in [-0.39, 0.29) is 24.8 Å². The van der Waals surface area contributed by atoms with Crippen molar-refractivity contribution in [2.24, 2.45) is 16.5 Å². The van der Waals surface area contributed by atoms with Gasteiger partial charge in [0.1, 0.15) is 12.1 Å². The summed E-state index contributed by atoms with van der Waals surface area (Å²) in [6.07, 6.45) is 2.40. The predicted octanol–water partition coefficient (Wildman–Crippen LogP) is -0.685. The number of aliphatic carboxylic acids is 1. The molecule has 0 unspecified atom stereocenters. The Labute approximate surface area is 181 Å². The molecular weight excluding hydrogens is 400 g/mol. The second kappa shape index (κ2) is 10.3. The normalized spacial score (nSPS) is 21.1. The number of nitrogens with one attached hydrogen (secondary N) is 2. The van der Waals surface area contributed by atoms with E-state index in [2.05, 4.69) is 15.6 Å². The lowest BCUT2D eigenvalue weighted by Crippen LogP contribution is -2.55. The highest BCUT2D eigenvalue weighted by atomic mass is 16.4. The Hall–Kier alpha value is -3.14. The Balaban J connectivity index is 1.59. The van der Waals surface area contributed by atoms with Crippen molar-refractivity contribution in [1.29, 1.82) is 0 Å². The number of fused-ring (bicyclic) bond motifs is 1. The van der Waals surface area contributed by atoms with E-state index in [1.807, 2.05) is 24.3 Å². The highest BCUT2D eigenvalue weighted by molar-refractivity contribution is 5.92. The number of benzene rings is 1. The van der Waals surface area contributed by atoms with Gasteiger partial charge in [0.2, 0.25) is 11.8 Å². The molecule has 0 aliphatic carbocycles. The van der Waals surface area contributed by atoms with Crippen LogP contribution in [0.2, 0.25) is 0 Å². The van der Waals surface area contributed by atoms with Gasteiger partial charge in [-0.2, -0.15) is 0 Å². The molecule has 2 amide bonds. The van der Waals surface area contributed by atoms with Gasteiger partial charge in [0.25, 0.3) is 0 Å². The summed E-state index contributed by atoms with van der Waals surface area (Å²) in [7, 11) is 0. The van der Waals surface area contributed by atoms with Gasteiger partial charge in [0, 0.05) is 19.6 Å². The molecule has 2 heterocycles. The number of carbonyl (C=O) groups excluding carboxylic acids is 2. The number of nitrogens with zero attached hydrogens (tertiary/aromatic N) is 2. The predicted molar refractivity (Wildman–Crippen MR) is 115 cm³/mol. The van der Waals surface area contributed by atoms with Gasteiger partial charge in [-0.1, -0.05) is 24.3 Å². The average molecular weight is 431 g/mol. The van der Waals surface area contributed by atoms with Crippen LogP contribution in [0.4, 0.5) is 0 Å². The lowest BCUT2D eigenvalue weighted by molar-refractivity contribution is -0.144. The number of nitrogens with two attached hydrogens (primary N) is 2. The molecule has 10 heteroatoms. The second-order valence-corrected chi connectivity index (χ2v) is 7.94. The number of amides is 2. The third-order valence-electron chi connectivity index (χ3n) is 5.78. The Morgan fingerprint density at radius 2 is 2.00 bits per heavy atom. The van der Waals surface area contributed by atoms with Crippen LogP contribution in [0.15, 0.2) is 29.3 Å². The standard InChI is InChI=1S/C21H30N6O4/c22-21(23)24-9-3-7-15(20(30)31)26-18(28)17-8-4-10-27(17)19(29)16-11-13-5-1-2-6-14(13)12-25-16/h1-2,5-6,15-17,25H,3-4,7-12H2,(H,26,28)(H,30,31)(H4,22,23,24)/t15-,16+,17-/m0/s1. The molecule has 0 saturated carbocycles. The van der Waals surface area contributed by atoms with Crippen LogP contribution in [0.3, 0.4) is 0 Å². The summed E-state index contributed by atoms with van der Waals surface area (Å²) in [6.45, 7) is 1.37. The van der Waals surface area contributed by atoms with Gasteiger partial charge in [0.15, 0.2) is 5.96 Å². The molecule has 31 heavy (non-hydrogen) atoms. The molecule has 1 saturated heterocycles. The second-order valence-electron chi connectivity index (χ2n) is 7.94.